The van der Waals surface area contributed by atoms with Crippen LogP contribution in [0.4, 0.5) is 0 Å². The third-order valence-electron chi connectivity index (χ3n) is 3.26. The molecular formula is C17H19Cl2NO4S. The summed E-state index contributed by atoms with van der Waals surface area (Å²) in [5.41, 5.74) is 0.730. The zero-order chi connectivity index (χ0) is 18.4. The summed E-state index contributed by atoms with van der Waals surface area (Å²) in [6, 6.07) is 9.57. The van der Waals surface area contributed by atoms with E-state index in [1.807, 2.05) is 13.8 Å². The number of nitrogens with one attached hydrogen (secondary N) is 1. The third-order valence-corrected chi connectivity index (χ3v) is 5.37. The molecule has 0 aliphatic heterocycles. The molecule has 0 fully saturated rings. The van der Waals surface area contributed by atoms with Crippen molar-refractivity contribution in [2.45, 2.75) is 25.3 Å². The second-order valence-corrected chi connectivity index (χ2v) is 7.63. The van der Waals surface area contributed by atoms with E-state index in [0.717, 1.165) is 5.56 Å². The average Bonchev–Trinajstić information content (AvgIpc) is 2.57. The highest BCUT2D eigenvalue weighted by atomic mass is 35.5. The molecule has 0 heterocycles. The first kappa shape index (κ1) is 19.8. The summed E-state index contributed by atoms with van der Waals surface area (Å²) in [6.45, 7) is 4.82. The quantitative estimate of drug-likeness (QED) is 0.714. The molecule has 0 aliphatic carbocycles. The smallest absolute Gasteiger partial charge is 0.242 e. The molecule has 0 unspecified atom stereocenters. The number of halogens is 2. The lowest BCUT2D eigenvalue weighted by Gasteiger charge is -2.13. The molecule has 1 N–H and O–H groups in total. The zero-order valence-corrected chi connectivity index (χ0v) is 16.2. The van der Waals surface area contributed by atoms with Crippen molar-refractivity contribution in [1.29, 1.82) is 0 Å². The fraction of sp³-hybridized carbons (Fsp3) is 0.294. The van der Waals surface area contributed by atoms with Gasteiger partial charge in [-0.25, -0.2) is 13.1 Å². The predicted octanol–water partition coefficient (Wildman–Crippen LogP) is 4.27. The molecule has 2 rings (SSSR count). The van der Waals surface area contributed by atoms with Crippen LogP contribution in [-0.4, -0.2) is 21.6 Å². The van der Waals surface area contributed by atoms with E-state index in [-0.39, 0.29) is 16.5 Å². The van der Waals surface area contributed by atoms with Crippen LogP contribution in [0.1, 0.15) is 19.4 Å². The molecule has 2 aromatic rings. The predicted molar refractivity (Wildman–Crippen MR) is 99.3 cm³/mol. The highest BCUT2D eigenvalue weighted by Gasteiger charge is 2.18. The van der Waals surface area contributed by atoms with Gasteiger partial charge in [0.15, 0.2) is 11.5 Å². The van der Waals surface area contributed by atoms with E-state index < -0.39 is 10.0 Å². The Morgan fingerprint density at radius 2 is 1.64 bits per heavy atom. The fourth-order valence-electron chi connectivity index (χ4n) is 2.14. The minimum Gasteiger partial charge on any atom is -0.490 e. The summed E-state index contributed by atoms with van der Waals surface area (Å²) in [4.78, 5) is -0.0577. The van der Waals surface area contributed by atoms with Crippen LogP contribution in [0.15, 0.2) is 41.3 Å². The number of ether oxygens (including phenoxy) is 2. The van der Waals surface area contributed by atoms with Crippen LogP contribution in [0.25, 0.3) is 0 Å². The largest absolute Gasteiger partial charge is 0.490 e. The Bertz CT molecular complexity index is 841. The van der Waals surface area contributed by atoms with E-state index >= 15 is 0 Å². The molecule has 0 atom stereocenters. The van der Waals surface area contributed by atoms with E-state index in [4.69, 9.17) is 32.7 Å². The molecule has 8 heteroatoms. The van der Waals surface area contributed by atoms with E-state index in [2.05, 4.69) is 4.72 Å². The van der Waals surface area contributed by atoms with Crippen molar-refractivity contribution in [1.82, 2.24) is 4.72 Å². The molecule has 0 saturated carbocycles. The Hall–Kier alpha value is -1.47. The Morgan fingerprint density at radius 1 is 0.960 bits per heavy atom. The molecule has 25 heavy (non-hydrogen) atoms. The van der Waals surface area contributed by atoms with Crippen molar-refractivity contribution >= 4 is 33.2 Å². The first-order valence-corrected chi connectivity index (χ1v) is 9.94. The van der Waals surface area contributed by atoms with Crippen LogP contribution in [0, 0.1) is 0 Å². The lowest BCUT2D eigenvalue weighted by molar-refractivity contribution is 0.287. The van der Waals surface area contributed by atoms with Gasteiger partial charge in [0.25, 0.3) is 0 Å². The number of rotatable bonds is 8. The van der Waals surface area contributed by atoms with Gasteiger partial charge in [0, 0.05) is 11.6 Å². The van der Waals surface area contributed by atoms with Crippen LogP contribution in [0.5, 0.6) is 11.5 Å². The van der Waals surface area contributed by atoms with E-state index in [9.17, 15) is 8.42 Å². The molecule has 0 aromatic heterocycles. The molecular weight excluding hydrogens is 385 g/mol. The maximum atomic E-state index is 12.4. The van der Waals surface area contributed by atoms with E-state index in [1.54, 1.807) is 18.2 Å². The van der Waals surface area contributed by atoms with Crippen molar-refractivity contribution in [3.63, 3.8) is 0 Å². The van der Waals surface area contributed by atoms with Crippen molar-refractivity contribution in [2.75, 3.05) is 13.2 Å². The second-order valence-electron chi connectivity index (χ2n) is 5.05. The minimum absolute atomic E-state index is 0.0577. The Balaban J connectivity index is 2.19. The van der Waals surface area contributed by atoms with Gasteiger partial charge >= 0.3 is 0 Å². The summed E-state index contributed by atoms with van der Waals surface area (Å²) in [6.07, 6.45) is 0. The average molecular weight is 404 g/mol. The highest BCUT2D eigenvalue weighted by Crippen LogP contribution is 2.29. The maximum Gasteiger partial charge on any atom is 0.242 e. The minimum atomic E-state index is -3.80. The van der Waals surface area contributed by atoms with Crippen molar-refractivity contribution in [2.24, 2.45) is 0 Å². The van der Waals surface area contributed by atoms with Gasteiger partial charge in [0.05, 0.1) is 18.2 Å². The Kier molecular flexibility index (Phi) is 6.95. The first-order valence-electron chi connectivity index (χ1n) is 7.70. The highest BCUT2D eigenvalue weighted by molar-refractivity contribution is 7.89. The summed E-state index contributed by atoms with van der Waals surface area (Å²) in [5.74, 6) is 1.19. The number of sulfonamides is 1. The molecule has 136 valence electrons. The van der Waals surface area contributed by atoms with Gasteiger partial charge in [-0.05, 0) is 49.7 Å². The van der Waals surface area contributed by atoms with Gasteiger partial charge < -0.3 is 9.47 Å². The summed E-state index contributed by atoms with van der Waals surface area (Å²) >= 11 is 11.8. The molecule has 0 saturated heterocycles. The van der Waals surface area contributed by atoms with Crippen molar-refractivity contribution in [3.8, 4) is 11.5 Å². The Labute approximate surface area is 157 Å². The van der Waals surface area contributed by atoms with Crippen LogP contribution in [0.2, 0.25) is 10.0 Å². The van der Waals surface area contributed by atoms with Gasteiger partial charge in [0.2, 0.25) is 10.0 Å². The zero-order valence-electron chi connectivity index (χ0n) is 13.9. The van der Waals surface area contributed by atoms with Crippen LogP contribution in [0.3, 0.4) is 0 Å². The SMILES string of the molecule is CCOc1ccc(CNS(=O)(=O)c2cc(Cl)ccc2Cl)cc1OCC. The van der Waals surface area contributed by atoms with Crippen LogP contribution < -0.4 is 14.2 Å². The standard InChI is InChI=1S/C17H19Cl2NO4S/c1-3-23-15-8-5-12(9-16(15)24-4-2)11-20-25(21,22)17-10-13(18)6-7-14(17)19/h5-10,20H,3-4,11H2,1-2H3. The van der Waals surface area contributed by atoms with Crippen molar-refractivity contribution in [3.05, 3.63) is 52.0 Å². The normalized spacial score (nSPS) is 11.4. The second kappa shape index (κ2) is 8.76. The first-order chi connectivity index (χ1) is 11.9. The molecule has 0 aliphatic rings. The molecule has 2 aromatic carbocycles. The topological polar surface area (TPSA) is 64.6 Å². The lowest BCUT2D eigenvalue weighted by Crippen LogP contribution is -2.23. The molecule has 5 nitrogen and oxygen atoms in total. The van der Waals surface area contributed by atoms with E-state index in [1.165, 1.54) is 18.2 Å². The third kappa shape index (κ3) is 5.25. The maximum absolute atomic E-state index is 12.4. The van der Waals surface area contributed by atoms with Gasteiger partial charge in [0.1, 0.15) is 4.90 Å². The summed E-state index contributed by atoms with van der Waals surface area (Å²) in [7, 11) is -3.80. The summed E-state index contributed by atoms with van der Waals surface area (Å²) < 4.78 is 38.4. The van der Waals surface area contributed by atoms with Gasteiger partial charge in [-0.15, -0.1) is 0 Å². The molecule has 0 bridgehead atoms. The molecule has 0 amide bonds. The number of hydrogen-bond acceptors (Lipinski definition) is 4. The Morgan fingerprint density at radius 3 is 2.32 bits per heavy atom. The van der Waals surface area contributed by atoms with E-state index in [0.29, 0.717) is 29.7 Å². The van der Waals surface area contributed by atoms with Gasteiger partial charge in [-0.3, -0.25) is 0 Å². The fourth-order valence-corrected chi connectivity index (χ4v) is 3.92. The van der Waals surface area contributed by atoms with Gasteiger partial charge in [-0.1, -0.05) is 29.3 Å². The molecule has 0 radical (unpaired) electrons. The monoisotopic (exact) mass is 403 g/mol. The molecule has 0 spiro atoms. The van der Waals surface area contributed by atoms with Crippen LogP contribution >= 0.6 is 23.2 Å². The summed E-state index contributed by atoms with van der Waals surface area (Å²) in [5, 5.41) is 0.406. The lowest BCUT2D eigenvalue weighted by atomic mass is 10.2. The van der Waals surface area contributed by atoms with Crippen LogP contribution in [-0.2, 0) is 16.6 Å². The number of hydrogen-bond donors (Lipinski definition) is 1. The van der Waals surface area contributed by atoms with Gasteiger partial charge in [-0.2, -0.15) is 0 Å². The van der Waals surface area contributed by atoms with Crippen molar-refractivity contribution < 1.29 is 17.9 Å². The number of benzene rings is 2.